The molecule has 3 N–H and O–H groups in total. The fraction of sp³-hybridized carbons (Fsp3) is 0.625. The zero-order valence-corrected chi connectivity index (χ0v) is 19.9. The van der Waals surface area contributed by atoms with Crippen LogP contribution in [0.4, 0.5) is 5.69 Å². The monoisotopic (exact) mass is 459 g/mol. The van der Waals surface area contributed by atoms with Gasteiger partial charge < -0.3 is 20.6 Å². The van der Waals surface area contributed by atoms with E-state index in [1.54, 1.807) is 16.7 Å². The molecule has 0 aromatic heterocycles. The number of thioether (sulfide) groups is 1. The van der Waals surface area contributed by atoms with E-state index in [-0.39, 0.29) is 29.6 Å². The van der Waals surface area contributed by atoms with Crippen LogP contribution in [-0.2, 0) is 14.4 Å². The first-order chi connectivity index (χ1) is 15.1. The van der Waals surface area contributed by atoms with Crippen molar-refractivity contribution in [2.75, 3.05) is 11.9 Å². The van der Waals surface area contributed by atoms with Crippen molar-refractivity contribution in [3.63, 3.8) is 0 Å². The number of carbonyl (C=O) groups is 3. The second-order valence-electron chi connectivity index (χ2n) is 10.1. The molecule has 7 nitrogen and oxygen atoms in total. The number of aliphatic hydroxyl groups is 1. The molecule has 4 rings (SSSR count). The van der Waals surface area contributed by atoms with Crippen LogP contribution in [0.1, 0.15) is 47.0 Å². The summed E-state index contributed by atoms with van der Waals surface area (Å²) in [6.07, 6.45) is 2.05. The van der Waals surface area contributed by atoms with Gasteiger partial charge >= 0.3 is 0 Å². The molecule has 1 spiro atoms. The molecule has 3 aliphatic rings. The number of aliphatic hydroxyl groups excluding tert-OH is 1. The summed E-state index contributed by atoms with van der Waals surface area (Å²) in [5.41, 5.74) is 0.248. The molecular formula is C24H33N3O4S. The standard InChI is InChI=1S/C24H33N3O4S/c1-5-15(13-28)27-19(21(30)26-23(2,3)4)24-12-11-16(32-24)17(18(24)22(27)31)20(29)25-14-9-7-6-8-10-14/h6-10,15-19,28H,5,11-13H2,1-4H3,(H,25,29)(H,26,30)/t15-,16-,17+,18-,19?,24?/m0/s1. The lowest BCUT2D eigenvalue weighted by Crippen LogP contribution is -2.59. The molecule has 3 aliphatic heterocycles. The van der Waals surface area contributed by atoms with Gasteiger partial charge in [0.2, 0.25) is 17.7 Å². The highest BCUT2D eigenvalue weighted by Gasteiger charge is 2.74. The maximum absolute atomic E-state index is 13.8. The molecular weight excluding hydrogens is 426 g/mol. The number of likely N-dealkylation sites (tertiary alicyclic amines) is 1. The first-order valence-electron chi connectivity index (χ1n) is 11.4. The third-order valence-electron chi connectivity index (χ3n) is 6.90. The molecule has 32 heavy (non-hydrogen) atoms. The number of para-hydroxylation sites is 1. The Morgan fingerprint density at radius 1 is 1.25 bits per heavy atom. The van der Waals surface area contributed by atoms with Gasteiger partial charge in [0.25, 0.3) is 0 Å². The Morgan fingerprint density at radius 2 is 1.94 bits per heavy atom. The molecule has 174 valence electrons. The summed E-state index contributed by atoms with van der Waals surface area (Å²) in [7, 11) is 0. The van der Waals surface area contributed by atoms with Crippen molar-refractivity contribution in [2.45, 2.75) is 74.6 Å². The van der Waals surface area contributed by atoms with Gasteiger partial charge in [-0.2, -0.15) is 0 Å². The van der Waals surface area contributed by atoms with Crippen molar-refractivity contribution in [3.8, 4) is 0 Å². The Bertz CT molecular complexity index is 898. The largest absolute Gasteiger partial charge is 0.394 e. The second kappa shape index (κ2) is 8.37. The van der Waals surface area contributed by atoms with E-state index in [1.807, 2.05) is 58.0 Å². The van der Waals surface area contributed by atoms with Crippen molar-refractivity contribution >= 4 is 35.2 Å². The maximum atomic E-state index is 13.8. The minimum Gasteiger partial charge on any atom is -0.394 e. The van der Waals surface area contributed by atoms with Gasteiger partial charge in [-0.05, 0) is 52.2 Å². The van der Waals surface area contributed by atoms with Gasteiger partial charge in [-0.1, -0.05) is 25.1 Å². The van der Waals surface area contributed by atoms with Crippen molar-refractivity contribution < 1.29 is 19.5 Å². The molecule has 6 atom stereocenters. The van der Waals surface area contributed by atoms with Crippen molar-refractivity contribution in [3.05, 3.63) is 30.3 Å². The maximum Gasteiger partial charge on any atom is 0.244 e. The van der Waals surface area contributed by atoms with Crippen LogP contribution in [0.2, 0.25) is 0 Å². The molecule has 2 bridgehead atoms. The van der Waals surface area contributed by atoms with Gasteiger partial charge in [-0.15, -0.1) is 11.8 Å². The Labute approximate surface area is 193 Å². The van der Waals surface area contributed by atoms with Crippen molar-refractivity contribution in [2.24, 2.45) is 11.8 Å². The van der Waals surface area contributed by atoms with Crippen LogP contribution in [0.25, 0.3) is 0 Å². The molecule has 3 amide bonds. The Morgan fingerprint density at radius 3 is 2.53 bits per heavy atom. The summed E-state index contributed by atoms with van der Waals surface area (Å²) in [5, 5.41) is 16.1. The number of anilines is 1. The molecule has 3 saturated heterocycles. The fourth-order valence-corrected chi connectivity index (χ4v) is 7.89. The summed E-state index contributed by atoms with van der Waals surface area (Å²) in [6, 6.07) is 8.11. The van der Waals surface area contributed by atoms with Gasteiger partial charge in [0.15, 0.2) is 0 Å². The van der Waals surface area contributed by atoms with Gasteiger partial charge in [-0.3, -0.25) is 14.4 Å². The van der Waals surface area contributed by atoms with Crippen LogP contribution < -0.4 is 10.6 Å². The van der Waals surface area contributed by atoms with E-state index in [2.05, 4.69) is 10.6 Å². The SMILES string of the molecule is CC[C@@H](CO)N1C(=O)[C@@H]2[C@H](C(=O)Nc3ccccc3)[C@@H]3CCC2(S3)C1C(=O)NC(C)(C)C. The Kier molecular flexibility index (Phi) is 6.05. The zero-order chi connectivity index (χ0) is 23.3. The lowest BCUT2D eigenvalue weighted by atomic mass is 9.70. The minimum atomic E-state index is -0.694. The molecule has 3 fully saturated rings. The number of rotatable bonds is 6. The fourth-order valence-electron chi connectivity index (χ4n) is 5.68. The summed E-state index contributed by atoms with van der Waals surface area (Å²) in [6.45, 7) is 7.45. The number of fused-ring (bicyclic) bond motifs is 1. The van der Waals surface area contributed by atoms with Gasteiger partial charge in [0, 0.05) is 16.5 Å². The van der Waals surface area contributed by atoms with E-state index in [4.69, 9.17) is 0 Å². The van der Waals surface area contributed by atoms with Gasteiger partial charge in [0.05, 0.1) is 29.2 Å². The molecule has 0 aliphatic carbocycles. The normalized spacial score (nSPS) is 32.0. The number of hydrogen-bond acceptors (Lipinski definition) is 5. The highest BCUT2D eigenvalue weighted by Crippen LogP contribution is 2.66. The summed E-state index contributed by atoms with van der Waals surface area (Å²) in [5.74, 6) is -1.60. The first-order valence-corrected chi connectivity index (χ1v) is 12.3. The molecule has 1 aromatic carbocycles. The zero-order valence-electron chi connectivity index (χ0n) is 19.1. The molecule has 0 radical (unpaired) electrons. The summed E-state index contributed by atoms with van der Waals surface area (Å²) in [4.78, 5) is 42.3. The smallest absolute Gasteiger partial charge is 0.244 e. The third kappa shape index (κ3) is 3.71. The van der Waals surface area contributed by atoms with Gasteiger partial charge in [-0.25, -0.2) is 0 Å². The lowest BCUT2D eigenvalue weighted by molar-refractivity contribution is -0.142. The van der Waals surface area contributed by atoms with E-state index >= 15 is 0 Å². The Balaban J connectivity index is 1.71. The number of nitrogens with one attached hydrogen (secondary N) is 2. The van der Waals surface area contributed by atoms with Gasteiger partial charge in [0.1, 0.15) is 6.04 Å². The van der Waals surface area contributed by atoms with E-state index in [0.717, 1.165) is 6.42 Å². The number of carbonyl (C=O) groups excluding carboxylic acids is 3. The van der Waals surface area contributed by atoms with Crippen molar-refractivity contribution in [1.29, 1.82) is 0 Å². The number of amides is 3. The summed E-state index contributed by atoms with van der Waals surface area (Å²) < 4.78 is -0.641. The van der Waals surface area contributed by atoms with Crippen LogP contribution in [0.3, 0.4) is 0 Å². The van der Waals surface area contributed by atoms with E-state index in [9.17, 15) is 19.5 Å². The number of benzene rings is 1. The third-order valence-corrected chi connectivity index (χ3v) is 8.86. The first kappa shape index (κ1) is 23.1. The van der Waals surface area contributed by atoms with Crippen LogP contribution in [0.5, 0.6) is 0 Å². The predicted octanol–water partition coefficient (Wildman–Crippen LogP) is 2.40. The van der Waals surface area contributed by atoms with Crippen LogP contribution in [0.15, 0.2) is 30.3 Å². The molecule has 0 saturated carbocycles. The molecule has 1 aromatic rings. The van der Waals surface area contributed by atoms with E-state index in [0.29, 0.717) is 18.5 Å². The highest BCUT2D eigenvalue weighted by molar-refractivity contribution is 8.02. The Hall–Kier alpha value is -2.06. The minimum absolute atomic E-state index is 0.00829. The molecule has 3 heterocycles. The molecule has 2 unspecified atom stereocenters. The van der Waals surface area contributed by atoms with E-state index < -0.39 is 34.2 Å². The van der Waals surface area contributed by atoms with Crippen LogP contribution in [-0.4, -0.2) is 62.0 Å². The van der Waals surface area contributed by atoms with Crippen LogP contribution >= 0.6 is 11.8 Å². The van der Waals surface area contributed by atoms with Crippen molar-refractivity contribution in [1.82, 2.24) is 10.2 Å². The second-order valence-corrected chi connectivity index (χ2v) is 11.7. The predicted molar refractivity (Wildman–Crippen MR) is 125 cm³/mol. The number of hydrogen-bond donors (Lipinski definition) is 3. The average molecular weight is 460 g/mol. The quantitative estimate of drug-likeness (QED) is 0.607. The van der Waals surface area contributed by atoms with Crippen LogP contribution in [0, 0.1) is 11.8 Å². The molecule has 8 heteroatoms. The highest BCUT2D eigenvalue weighted by atomic mass is 32.2. The van der Waals surface area contributed by atoms with E-state index in [1.165, 1.54) is 0 Å². The lowest BCUT2D eigenvalue weighted by Gasteiger charge is -2.38. The summed E-state index contributed by atoms with van der Waals surface area (Å²) >= 11 is 1.64. The number of nitrogens with zero attached hydrogens (tertiary/aromatic N) is 1. The topological polar surface area (TPSA) is 98.7 Å². The average Bonchev–Trinajstić information content (AvgIpc) is 3.36.